The smallest absolute Gasteiger partial charge is 0.416 e. The van der Waals surface area contributed by atoms with Crippen LogP contribution in [0.15, 0.2) is 69.0 Å². The quantitative estimate of drug-likeness (QED) is 0.244. The molecule has 0 aliphatic rings. The molecule has 0 aliphatic heterocycles. The van der Waals surface area contributed by atoms with E-state index in [0.717, 1.165) is 16.8 Å². The number of para-hydroxylation sites is 1. The minimum atomic E-state index is -4.61. The molecule has 4 aromatic rings. The van der Waals surface area contributed by atoms with E-state index in [4.69, 9.17) is 21.1 Å². The summed E-state index contributed by atoms with van der Waals surface area (Å²) in [7, 11) is 1.32. The van der Waals surface area contributed by atoms with Crippen molar-refractivity contribution >= 4 is 50.6 Å². The van der Waals surface area contributed by atoms with Crippen molar-refractivity contribution in [3.8, 4) is 22.9 Å². The normalized spacial score (nSPS) is 12.6. The Bertz CT molecular complexity index is 1670. The van der Waals surface area contributed by atoms with Gasteiger partial charge in [-0.3, -0.25) is 4.79 Å². The Labute approximate surface area is 232 Å². The summed E-state index contributed by atoms with van der Waals surface area (Å²) in [5.41, 5.74) is -0.938. The van der Waals surface area contributed by atoms with E-state index in [-0.39, 0.29) is 43.3 Å². The number of carboxylic acid groups (broad SMARTS) is 1. The van der Waals surface area contributed by atoms with Crippen molar-refractivity contribution in [2.24, 2.45) is 5.10 Å². The number of aliphatic carboxylic acids is 1. The lowest BCUT2D eigenvalue weighted by atomic mass is 10.1. The molecule has 1 atom stereocenters. The number of hydrogen-bond donors (Lipinski definition) is 1. The van der Waals surface area contributed by atoms with Gasteiger partial charge in [-0.05, 0) is 53.2 Å². The van der Waals surface area contributed by atoms with Crippen LogP contribution in [0.3, 0.4) is 0 Å². The molecule has 0 aliphatic carbocycles. The molecule has 0 amide bonds. The summed E-state index contributed by atoms with van der Waals surface area (Å²) in [5.74, 6) is -1.29. The fraction of sp³-hybridized carbons (Fsp3) is 0.154. The minimum absolute atomic E-state index is 0.0194. The zero-order valence-electron chi connectivity index (χ0n) is 20.2. The Kier molecular flexibility index (Phi) is 7.98. The summed E-state index contributed by atoms with van der Waals surface area (Å²) in [4.78, 5) is 29.0. The SMILES string of the molecule is COc1cc(C=Nn2c(-c3cccc(C(F)(F)F)c3)nc3ccccc3c2=O)c(Br)c(Cl)c1O[C@H](C)C(=O)O. The van der Waals surface area contributed by atoms with Crippen LogP contribution in [-0.4, -0.2) is 40.2 Å². The van der Waals surface area contributed by atoms with Gasteiger partial charge < -0.3 is 14.6 Å². The maximum atomic E-state index is 13.4. The molecule has 8 nitrogen and oxygen atoms in total. The molecule has 0 unspecified atom stereocenters. The van der Waals surface area contributed by atoms with Gasteiger partial charge in [0.15, 0.2) is 23.4 Å². The third kappa shape index (κ3) is 5.76. The minimum Gasteiger partial charge on any atom is -0.493 e. The van der Waals surface area contributed by atoms with Crippen LogP contribution in [-0.2, 0) is 11.0 Å². The highest BCUT2D eigenvalue weighted by Crippen LogP contribution is 2.42. The molecule has 0 bridgehead atoms. The van der Waals surface area contributed by atoms with Crippen LogP contribution in [0.2, 0.25) is 5.02 Å². The van der Waals surface area contributed by atoms with E-state index in [1.54, 1.807) is 18.2 Å². The summed E-state index contributed by atoms with van der Waals surface area (Å²) < 4.78 is 52.1. The molecular formula is C26H18BrClF3N3O5. The van der Waals surface area contributed by atoms with Crippen molar-refractivity contribution in [3.05, 3.63) is 85.6 Å². The fourth-order valence-corrected chi connectivity index (χ4v) is 4.20. The van der Waals surface area contributed by atoms with Gasteiger partial charge in [0, 0.05) is 15.6 Å². The van der Waals surface area contributed by atoms with E-state index in [2.05, 4.69) is 26.0 Å². The van der Waals surface area contributed by atoms with Crippen molar-refractivity contribution in [1.29, 1.82) is 0 Å². The molecule has 0 spiro atoms. The van der Waals surface area contributed by atoms with Gasteiger partial charge in [0.2, 0.25) is 0 Å². The number of carbonyl (C=O) groups is 1. The summed E-state index contributed by atoms with van der Waals surface area (Å²) in [6.45, 7) is 1.32. The Morgan fingerprint density at radius 1 is 1.21 bits per heavy atom. The van der Waals surface area contributed by atoms with Gasteiger partial charge in [-0.2, -0.15) is 22.9 Å². The number of rotatable bonds is 7. The van der Waals surface area contributed by atoms with Crippen LogP contribution in [0.25, 0.3) is 22.3 Å². The van der Waals surface area contributed by atoms with Gasteiger partial charge in [-0.1, -0.05) is 35.9 Å². The van der Waals surface area contributed by atoms with Crippen LogP contribution in [0, 0.1) is 0 Å². The van der Waals surface area contributed by atoms with Crippen molar-refractivity contribution in [2.45, 2.75) is 19.2 Å². The maximum absolute atomic E-state index is 13.4. The molecule has 202 valence electrons. The first-order valence-corrected chi connectivity index (χ1v) is 12.3. The maximum Gasteiger partial charge on any atom is 0.416 e. The van der Waals surface area contributed by atoms with Crippen molar-refractivity contribution in [2.75, 3.05) is 7.11 Å². The molecule has 1 aromatic heterocycles. The zero-order chi connectivity index (χ0) is 28.5. The average molecular weight is 625 g/mol. The fourth-order valence-electron chi connectivity index (χ4n) is 3.56. The lowest BCUT2D eigenvalue weighted by Crippen LogP contribution is -2.23. The molecule has 1 N–H and O–H groups in total. The average Bonchev–Trinajstić information content (AvgIpc) is 2.91. The van der Waals surface area contributed by atoms with E-state index in [0.29, 0.717) is 5.56 Å². The highest BCUT2D eigenvalue weighted by atomic mass is 79.9. The lowest BCUT2D eigenvalue weighted by molar-refractivity contribution is -0.144. The summed E-state index contributed by atoms with van der Waals surface area (Å²) in [6.07, 6.45) is -4.61. The first kappa shape index (κ1) is 28.1. The van der Waals surface area contributed by atoms with E-state index in [9.17, 15) is 27.9 Å². The number of benzene rings is 3. The van der Waals surface area contributed by atoms with Crippen LogP contribution < -0.4 is 15.0 Å². The summed E-state index contributed by atoms with van der Waals surface area (Å²) in [6, 6.07) is 12.2. The van der Waals surface area contributed by atoms with Gasteiger partial charge in [0.1, 0.15) is 5.02 Å². The van der Waals surface area contributed by atoms with Crippen molar-refractivity contribution < 1.29 is 32.5 Å². The molecule has 0 fully saturated rings. The topological polar surface area (TPSA) is 103 Å². The number of carboxylic acids is 1. The second-order valence-corrected chi connectivity index (χ2v) is 9.29. The monoisotopic (exact) mass is 623 g/mol. The van der Waals surface area contributed by atoms with Gasteiger partial charge in [0.25, 0.3) is 5.56 Å². The number of hydrogen-bond acceptors (Lipinski definition) is 6. The highest BCUT2D eigenvalue weighted by Gasteiger charge is 2.31. The Morgan fingerprint density at radius 2 is 1.92 bits per heavy atom. The number of methoxy groups -OCH3 is 1. The first-order chi connectivity index (χ1) is 18.4. The first-order valence-electron chi connectivity index (χ1n) is 11.1. The Morgan fingerprint density at radius 3 is 2.59 bits per heavy atom. The third-order valence-electron chi connectivity index (χ3n) is 5.53. The van der Waals surface area contributed by atoms with E-state index >= 15 is 0 Å². The summed E-state index contributed by atoms with van der Waals surface area (Å²) >= 11 is 9.73. The van der Waals surface area contributed by atoms with Crippen LogP contribution in [0.4, 0.5) is 13.2 Å². The zero-order valence-corrected chi connectivity index (χ0v) is 22.5. The second-order valence-electron chi connectivity index (χ2n) is 8.12. The molecule has 0 radical (unpaired) electrons. The highest BCUT2D eigenvalue weighted by molar-refractivity contribution is 9.10. The van der Waals surface area contributed by atoms with E-state index in [1.807, 2.05) is 0 Å². The van der Waals surface area contributed by atoms with Gasteiger partial charge in [0.05, 0.1) is 29.8 Å². The molecule has 1 heterocycles. The van der Waals surface area contributed by atoms with Crippen molar-refractivity contribution in [3.63, 3.8) is 0 Å². The van der Waals surface area contributed by atoms with Gasteiger partial charge in [-0.25, -0.2) is 9.78 Å². The number of alkyl halides is 3. The molecule has 3 aromatic carbocycles. The molecular weight excluding hydrogens is 607 g/mol. The number of aromatic nitrogens is 2. The molecule has 39 heavy (non-hydrogen) atoms. The largest absolute Gasteiger partial charge is 0.493 e. The van der Waals surface area contributed by atoms with Crippen LogP contribution in [0.5, 0.6) is 11.5 Å². The number of halogens is 5. The predicted octanol–water partition coefficient (Wildman–Crippen LogP) is 6.24. The second kappa shape index (κ2) is 11.1. The van der Waals surface area contributed by atoms with Crippen LogP contribution in [0.1, 0.15) is 18.1 Å². The van der Waals surface area contributed by atoms with E-state index < -0.39 is 29.4 Å². The Balaban J connectivity index is 1.89. The van der Waals surface area contributed by atoms with Crippen LogP contribution >= 0.6 is 27.5 Å². The predicted molar refractivity (Wildman–Crippen MR) is 143 cm³/mol. The van der Waals surface area contributed by atoms with Gasteiger partial charge >= 0.3 is 12.1 Å². The lowest BCUT2D eigenvalue weighted by Gasteiger charge is -2.17. The third-order valence-corrected chi connectivity index (χ3v) is 6.98. The van der Waals surface area contributed by atoms with Crippen molar-refractivity contribution in [1.82, 2.24) is 9.66 Å². The Hall–Kier alpha value is -3.90. The standard InChI is InChI=1S/C26H18BrClF3N3O5/c1-13(25(36)37)39-22-19(38-2)11-15(20(27)21(22)28)12-32-34-23(14-6-5-7-16(10-14)26(29,30)31)33-18-9-4-3-8-17(18)24(34)35/h3-13H,1-2H3,(H,36,37)/t13-/m1/s1. The molecule has 13 heteroatoms. The molecule has 4 rings (SSSR count). The number of nitrogens with zero attached hydrogens (tertiary/aromatic N) is 3. The summed E-state index contributed by atoms with van der Waals surface area (Å²) in [5, 5.41) is 13.6. The molecule has 0 saturated heterocycles. The molecule has 0 saturated carbocycles. The number of ether oxygens (including phenoxy) is 2. The van der Waals surface area contributed by atoms with E-state index in [1.165, 1.54) is 44.5 Å². The number of fused-ring (bicyclic) bond motifs is 1. The van der Waals surface area contributed by atoms with Gasteiger partial charge in [-0.15, -0.1) is 0 Å².